The fourth-order valence-electron chi connectivity index (χ4n) is 4.40. The Morgan fingerprint density at radius 1 is 1.21 bits per heavy atom. The quantitative estimate of drug-likeness (QED) is 0.467. The van der Waals surface area contributed by atoms with Crippen LogP contribution in [0, 0.1) is 24.2 Å². The molecule has 0 fully saturated rings. The second-order valence-corrected chi connectivity index (χ2v) is 10.4. The van der Waals surface area contributed by atoms with Crippen LogP contribution in [0.4, 0.5) is 0 Å². The third-order valence-electron chi connectivity index (χ3n) is 7.04. The number of ether oxygens (including phenoxy) is 1. The number of ketones is 1. The normalized spacial score (nSPS) is 30.6. The van der Waals surface area contributed by atoms with Crippen molar-refractivity contribution in [3.63, 3.8) is 0 Å². The molecule has 2 rings (SSSR count). The van der Waals surface area contributed by atoms with Crippen LogP contribution in [-0.2, 0) is 14.3 Å². The number of aryl methyl sites for hydroxylation is 1. The smallest absolute Gasteiger partial charge is 0.309 e. The van der Waals surface area contributed by atoms with Crippen molar-refractivity contribution in [2.75, 3.05) is 0 Å². The van der Waals surface area contributed by atoms with E-state index in [1.54, 1.807) is 34.0 Å². The molecule has 0 saturated carbocycles. The molecule has 7 heteroatoms. The van der Waals surface area contributed by atoms with Gasteiger partial charge in [-0.3, -0.25) is 9.59 Å². The number of carbonyl (C=O) groups excluding carboxylic acids is 2. The number of allylic oxidation sites excluding steroid dienone is 1. The summed E-state index contributed by atoms with van der Waals surface area (Å²) in [6.45, 7) is 12.6. The van der Waals surface area contributed by atoms with Crippen molar-refractivity contribution in [2.24, 2.45) is 17.3 Å². The van der Waals surface area contributed by atoms with Crippen molar-refractivity contribution >= 4 is 17.8 Å². The van der Waals surface area contributed by atoms with E-state index in [1.165, 1.54) is 5.57 Å². The van der Waals surface area contributed by atoms with Gasteiger partial charge in [-0.15, -0.1) is 0 Å². The van der Waals surface area contributed by atoms with Gasteiger partial charge in [-0.25, -0.2) is 4.98 Å². The number of rotatable bonds is 2. The van der Waals surface area contributed by atoms with Crippen LogP contribution in [0.1, 0.15) is 85.2 Å². The number of hydrogen-bond donors (Lipinski definition) is 2. The van der Waals surface area contributed by atoms with Gasteiger partial charge < -0.3 is 19.4 Å². The average molecular weight is 476 g/mol. The Morgan fingerprint density at radius 2 is 1.88 bits per heavy atom. The van der Waals surface area contributed by atoms with Crippen molar-refractivity contribution in [1.82, 2.24) is 4.98 Å². The van der Waals surface area contributed by atoms with E-state index in [1.807, 2.05) is 26.8 Å². The zero-order valence-electron chi connectivity index (χ0n) is 21.6. The van der Waals surface area contributed by atoms with Crippen LogP contribution >= 0.6 is 0 Å². The Bertz CT molecular complexity index is 912. The van der Waals surface area contributed by atoms with Gasteiger partial charge >= 0.3 is 5.97 Å². The Morgan fingerprint density at radius 3 is 2.50 bits per heavy atom. The minimum Gasteiger partial charge on any atom is -0.457 e. The van der Waals surface area contributed by atoms with Gasteiger partial charge in [0.05, 0.1) is 24.0 Å². The molecule has 0 radical (unpaired) electrons. The maximum absolute atomic E-state index is 13.2. The molecule has 0 aliphatic carbocycles. The third-order valence-corrected chi connectivity index (χ3v) is 7.04. The highest BCUT2D eigenvalue weighted by Gasteiger charge is 2.42. The lowest BCUT2D eigenvalue weighted by Crippen LogP contribution is -2.45. The molecule has 190 valence electrons. The first-order chi connectivity index (χ1) is 15.8. The highest BCUT2D eigenvalue weighted by Crippen LogP contribution is 2.32. The zero-order valence-corrected chi connectivity index (χ0v) is 21.6. The summed E-state index contributed by atoms with van der Waals surface area (Å²) < 4.78 is 11.0. The Balaban J connectivity index is 2.33. The number of cyclic esters (lactones) is 1. The van der Waals surface area contributed by atoms with Crippen molar-refractivity contribution in [2.45, 2.75) is 98.9 Å². The molecule has 2 heterocycles. The summed E-state index contributed by atoms with van der Waals surface area (Å²) in [5.74, 6) is -0.995. The van der Waals surface area contributed by atoms with Gasteiger partial charge in [0.1, 0.15) is 23.8 Å². The van der Waals surface area contributed by atoms with Crippen LogP contribution in [0.3, 0.4) is 0 Å². The molecule has 5 atom stereocenters. The second kappa shape index (κ2) is 11.9. The molecule has 1 aromatic heterocycles. The lowest BCUT2D eigenvalue weighted by molar-refractivity contribution is -0.154. The lowest BCUT2D eigenvalue weighted by atomic mass is 9.73. The predicted molar refractivity (Wildman–Crippen MR) is 131 cm³/mol. The Kier molecular flexibility index (Phi) is 9.83. The highest BCUT2D eigenvalue weighted by atomic mass is 16.5. The number of hydrogen-bond acceptors (Lipinski definition) is 7. The van der Waals surface area contributed by atoms with Crippen molar-refractivity contribution in [3.8, 4) is 0 Å². The third kappa shape index (κ3) is 7.37. The summed E-state index contributed by atoms with van der Waals surface area (Å²) in [6, 6.07) is 0. The van der Waals surface area contributed by atoms with Gasteiger partial charge in [-0.2, -0.15) is 0 Å². The maximum atomic E-state index is 13.2. The Labute approximate surface area is 203 Å². The summed E-state index contributed by atoms with van der Waals surface area (Å²) in [6.07, 6.45) is 5.58. The monoisotopic (exact) mass is 475 g/mol. The maximum Gasteiger partial charge on any atom is 0.309 e. The van der Waals surface area contributed by atoms with Crippen molar-refractivity contribution in [1.29, 1.82) is 0 Å². The second-order valence-electron chi connectivity index (χ2n) is 10.4. The van der Waals surface area contributed by atoms with Gasteiger partial charge in [-0.05, 0) is 50.7 Å². The summed E-state index contributed by atoms with van der Waals surface area (Å²) in [4.78, 5) is 30.3. The zero-order chi connectivity index (χ0) is 25.6. The summed E-state index contributed by atoms with van der Waals surface area (Å²) >= 11 is 0. The van der Waals surface area contributed by atoms with Crippen molar-refractivity contribution < 1.29 is 29.0 Å². The number of aliphatic hydroxyl groups excluding tert-OH is 2. The van der Waals surface area contributed by atoms with Crippen LogP contribution in [0.2, 0.25) is 0 Å². The molecule has 0 amide bonds. The minimum absolute atomic E-state index is 0.0543. The van der Waals surface area contributed by atoms with Crippen LogP contribution in [0.15, 0.2) is 27.9 Å². The predicted octanol–water partition coefficient (Wildman–Crippen LogP) is 4.80. The average Bonchev–Trinajstić information content (AvgIpc) is 3.18. The van der Waals surface area contributed by atoms with Crippen LogP contribution in [0.25, 0.3) is 6.08 Å². The van der Waals surface area contributed by atoms with E-state index in [0.29, 0.717) is 18.0 Å². The molecule has 0 spiro atoms. The first-order valence-electron chi connectivity index (χ1n) is 12.2. The molecular weight excluding hydrogens is 434 g/mol. The van der Waals surface area contributed by atoms with Gasteiger partial charge in [0.15, 0.2) is 5.89 Å². The number of Topliss-reactive ketones (excluding diaryl/α,β-unsaturated/α-hetero) is 1. The number of aliphatic hydroxyl groups is 2. The molecule has 0 aromatic carbocycles. The van der Waals surface area contributed by atoms with E-state index < -0.39 is 35.6 Å². The van der Waals surface area contributed by atoms with Gasteiger partial charge in [0, 0.05) is 19.3 Å². The lowest BCUT2D eigenvalue weighted by Gasteiger charge is -2.34. The van der Waals surface area contributed by atoms with Gasteiger partial charge in [-0.1, -0.05) is 39.3 Å². The number of carbonyl (C=O) groups is 2. The molecule has 1 aliphatic heterocycles. The van der Waals surface area contributed by atoms with E-state index >= 15 is 0 Å². The molecule has 1 aromatic rings. The largest absolute Gasteiger partial charge is 0.457 e. The molecule has 2 N–H and O–H groups in total. The van der Waals surface area contributed by atoms with Gasteiger partial charge in [0.2, 0.25) is 0 Å². The van der Waals surface area contributed by atoms with E-state index in [0.717, 1.165) is 24.8 Å². The summed E-state index contributed by atoms with van der Waals surface area (Å²) in [5, 5.41) is 21.6. The summed E-state index contributed by atoms with van der Waals surface area (Å²) in [7, 11) is 0. The first-order valence-corrected chi connectivity index (χ1v) is 12.2. The van der Waals surface area contributed by atoms with E-state index in [2.05, 4.69) is 11.1 Å². The van der Waals surface area contributed by atoms with Crippen LogP contribution < -0.4 is 0 Å². The van der Waals surface area contributed by atoms with E-state index in [9.17, 15) is 19.8 Å². The van der Waals surface area contributed by atoms with E-state index in [-0.39, 0.29) is 18.1 Å². The van der Waals surface area contributed by atoms with Gasteiger partial charge in [0.25, 0.3) is 0 Å². The Hall–Kier alpha value is -2.25. The molecule has 34 heavy (non-hydrogen) atoms. The standard InChI is InChI=1S/C27H41NO6/c1-16-9-8-10-17(2)25(31)19(4)26(32)27(6,7)23(29)14-24(30)34-22(12-11-16)18(3)13-21-15-33-20(5)28-21/h11,13,15,17,19,22-23,25,29,31H,8-10,12,14H2,1-7H3/t17-,19+,22-,23-,25-/m0/s1. The molecule has 1 aliphatic rings. The molecule has 0 bridgehead atoms. The van der Waals surface area contributed by atoms with Crippen molar-refractivity contribution in [3.05, 3.63) is 35.1 Å². The minimum atomic E-state index is -1.23. The SMILES string of the molecule is CC1=CC[C@@H](C(C)=Cc2coc(C)n2)OC(=O)C[C@H](O)C(C)(C)C(=O)[C@H](C)[C@@H](O)[C@@H](C)CCC1. The number of nitrogens with zero attached hydrogens (tertiary/aromatic N) is 1. The number of esters is 1. The molecule has 0 unspecified atom stereocenters. The molecule has 7 nitrogen and oxygen atoms in total. The van der Waals surface area contributed by atoms with E-state index in [4.69, 9.17) is 9.15 Å². The molecular formula is C27H41NO6. The number of aromatic nitrogens is 1. The summed E-state index contributed by atoms with van der Waals surface area (Å²) in [5.41, 5.74) is 1.42. The topological polar surface area (TPSA) is 110 Å². The fraction of sp³-hybridized carbons (Fsp3) is 0.667. The van der Waals surface area contributed by atoms with Crippen LogP contribution in [0.5, 0.6) is 0 Å². The fourth-order valence-corrected chi connectivity index (χ4v) is 4.40. The highest BCUT2D eigenvalue weighted by molar-refractivity contribution is 5.88. The molecule has 0 saturated heterocycles. The first kappa shape index (κ1) is 28.0. The van der Waals surface area contributed by atoms with Crippen LogP contribution in [-0.4, -0.2) is 45.3 Å². The number of oxazole rings is 1.